The molecule has 1 atom stereocenters. The maximum atomic E-state index is 11.9. The van der Waals surface area contributed by atoms with Gasteiger partial charge in [-0.15, -0.1) is 0 Å². The summed E-state index contributed by atoms with van der Waals surface area (Å²) in [5.41, 5.74) is 2.05. The monoisotopic (exact) mass is 287 g/mol. The highest BCUT2D eigenvalue weighted by molar-refractivity contribution is 5.76. The minimum atomic E-state index is -0.135. The van der Waals surface area contributed by atoms with Crippen molar-refractivity contribution in [3.8, 4) is 11.8 Å². The molecule has 0 heterocycles. The topological polar surface area (TPSA) is 49.3 Å². The fourth-order valence-corrected chi connectivity index (χ4v) is 1.70. The minimum absolute atomic E-state index is 0.0848. The predicted molar refractivity (Wildman–Crippen MR) is 85.5 cm³/mol. The zero-order chi connectivity index (χ0) is 15.9. The van der Waals surface area contributed by atoms with Crippen LogP contribution in [-0.4, -0.2) is 17.6 Å². The van der Waals surface area contributed by atoms with E-state index in [0.717, 1.165) is 11.1 Å². The van der Waals surface area contributed by atoms with Crippen molar-refractivity contribution in [2.75, 3.05) is 6.61 Å². The average Bonchev–Trinajstić information content (AvgIpc) is 2.43. The molecule has 1 aromatic rings. The second kappa shape index (κ2) is 7.85. The van der Waals surface area contributed by atoms with E-state index in [1.54, 1.807) is 0 Å². The van der Waals surface area contributed by atoms with E-state index in [4.69, 9.17) is 5.11 Å². The number of carbonyl (C=O) groups excluding carboxylic acids is 1. The largest absolute Gasteiger partial charge is 0.384 e. The Morgan fingerprint density at radius 1 is 1.29 bits per heavy atom. The van der Waals surface area contributed by atoms with Gasteiger partial charge in [-0.3, -0.25) is 4.79 Å². The highest BCUT2D eigenvalue weighted by Gasteiger charge is 2.22. The SMILES string of the molecule is CC(CC(=O)NCc1ccc(C#CCO)cc1)C(C)(C)C. The molecule has 1 amide bonds. The first-order valence-electron chi connectivity index (χ1n) is 7.28. The molecule has 0 aromatic heterocycles. The lowest BCUT2D eigenvalue weighted by Crippen LogP contribution is -2.28. The zero-order valence-corrected chi connectivity index (χ0v) is 13.4. The molecule has 3 heteroatoms. The molecule has 1 unspecified atom stereocenters. The predicted octanol–water partition coefficient (Wildman–Crippen LogP) is 2.72. The second-order valence-electron chi connectivity index (χ2n) is 6.40. The van der Waals surface area contributed by atoms with Crippen LogP contribution in [0.25, 0.3) is 0 Å². The van der Waals surface area contributed by atoms with Crippen LogP contribution in [0.5, 0.6) is 0 Å². The first-order chi connectivity index (χ1) is 9.82. The van der Waals surface area contributed by atoms with E-state index >= 15 is 0 Å². The van der Waals surface area contributed by atoms with Crippen LogP contribution in [0.2, 0.25) is 0 Å². The summed E-state index contributed by atoms with van der Waals surface area (Å²) in [4.78, 5) is 11.9. The van der Waals surface area contributed by atoms with Crippen LogP contribution in [0.4, 0.5) is 0 Å². The molecular formula is C18H25NO2. The lowest BCUT2D eigenvalue weighted by atomic mass is 9.80. The van der Waals surface area contributed by atoms with Gasteiger partial charge in [0.2, 0.25) is 5.91 Å². The number of carbonyl (C=O) groups is 1. The first kappa shape index (κ1) is 17.3. The molecule has 0 aliphatic heterocycles. The number of amides is 1. The summed E-state index contributed by atoms with van der Waals surface area (Å²) >= 11 is 0. The Bertz CT molecular complexity index is 515. The van der Waals surface area contributed by atoms with Gasteiger partial charge in [0.05, 0.1) is 0 Å². The summed E-state index contributed by atoms with van der Waals surface area (Å²) in [6.45, 7) is 8.95. The van der Waals surface area contributed by atoms with Gasteiger partial charge in [0.1, 0.15) is 6.61 Å². The number of nitrogens with one attached hydrogen (secondary N) is 1. The number of aliphatic hydroxyl groups excluding tert-OH is 1. The number of hydrogen-bond donors (Lipinski definition) is 2. The van der Waals surface area contributed by atoms with Gasteiger partial charge in [-0.1, -0.05) is 51.7 Å². The quantitative estimate of drug-likeness (QED) is 0.837. The molecule has 0 spiro atoms. The molecule has 2 N–H and O–H groups in total. The third-order valence-electron chi connectivity index (χ3n) is 3.73. The number of aliphatic hydroxyl groups is 1. The Balaban J connectivity index is 2.46. The molecule has 1 aromatic carbocycles. The van der Waals surface area contributed by atoms with E-state index in [1.165, 1.54) is 0 Å². The van der Waals surface area contributed by atoms with Crippen molar-refractivity contribution >= 4 is 5.91 Å². The average molecular weight is 287 g/mol. The van der Waals surface area contributed by atoms with Crippen LogP contribution in [0, 0.1) is 23.2 Å². The van der Waals surface area contributed by atoms with Gasteiger partial charge >= 0.3 is 0 Å². The van der Waals surface area contributed by atoms with Crippen molar-refractivity contribution in [1.29, 1.82) is 0 Å². The van der Waals surface area contributed by atoms with E-state index in [2.05, 4.69) is 44.9 Å². The molecule has 0 aliphatic rings. The molecular weight excluding hydrogens is 262 g/mol. The van der Waals surface area contributed by atoms with Crippen molar-refractivity contribution in [3.05, 3.63) is 35.4 Å². The lowest BCUT2D eigenvalue weighted by Gasteiger charge is -2.26. The van der Waals surface area contributed by atoms with Crippen molar-refractivity contribution < 1.29 is 9.90 Å². The van der Waals surface area contributed by atoms with E-state index in [0.29, 0.717) is 18.9 Å². The fraction of sp³-hybridized carbons (Fsp3) is 0.500. The smallest absolute Gasteiger partial charge is 0.220 e. The number of benzene rings is 1. The zero-order valence-electron chi connectivity index (χ0n) is 13.4. The second-order valence-corrected chi connectivity index (χ2v) is 6.40. The molecule has 0 bridgehead atoms. The van der Waals surface area contributed by atoms with Gasteiger partial charge in [-0.25, -0.2) is 0 Å². The van der Waals surface area contributed by atoms with Gasteiger partial charge < -0.3 is 10.4 Å². The third kappa shape index (κ3) is 6.46. The molecule has 3 nitrogen and oxygen atoms in total. The standard InChI is InChI=1S/C18H25NO2/c1-14(18(2,3)4)12-17(21)19-13-16-9-7-15(8-10-16)6-5-11-20/h7-10,14,20H,11-13H2,1-4H3,(H,19,21). The molecule has 1 rings (SSSR count). The Labute approximate surface area is 127 Å². The van der Waals surface area contributed by atoms with Crippen LogP contribution in [0.3, 0.4) is 0 Å². The Hall–Kier alpha value is -1.79. The van der Waals surface area contributed by atoms with E-state index in [9.17, 15) is 4.79 Å². The lowest BCUT2D eigenvalue weighted by molar-refractivity contribution is -0.122. The molecule has 0 saturated heterocycles. The summed E-state index contributed by atoms with van der Waals surface area (Å²) in [5, 5.41) is 11.6. The van der Waals surface area contributed by atoms with Crippen molar-refractivity contribution in [1.82, 2.24) is 5.32 Å². The number of hydrogen-bond acceptors (Lipinski definition) is 2. The fourth-order valence-electron chi connectivity index (χ4n) is 1.70. The van der Waals surface area contributed by atoms with E-state index in [1.807, 2.05) is 24.3 Å². The summed E-state index contributed by atoms with van der Waals surface area (Å²) in [6, 6.07) is 7.66. The molecule has 0 saturated carbocycles. The van der Waals surface area contributed by atoms with Crippen molar-refractivity contribution in [2.24, 2.45) is 11.3 Å². The van der Waals surface area contributed by atoms with Gasteiger partial charge in [0, 0.05) is 18.5 Å². The van der Waals surface area contributed by atoms with Crippen LogP contribution < -0.4 is 5.32 Å². The summed E-state index contributed by atoms with van der Waals surface area (Å²) in [6.07, 6.45) is 0.545. The van der Waals surface area contributed by atoms with E-state index < -0.39 is 0 Å². The molecule has 0 fully saturated rings. The minimum Gasteiger partial charge on any atom is -0.384 e. The highest BCUT2D eigenvalue weighted by atomic mass is 16.2. The van der Waals surface area contributed by atoms with Crippen LogP contribution in [-0.2, 0) is 11.3 Å². The highest BCUT2D eigenvalue weighted by Crippen LogP contribution is 2.27. The molecule has 0 radical (unpaired) electrons. The molecule has 114 valence electrons. The van der Waals surface area contributed by atoms with Crippen molar-refractivity contribution in [3.63, 3.8) is 0 Å². The van der Waals surface area contributed by atoms with Gasteiger partial charge in [-0.05, 0) is 29.0 Å². The van der Waals surface area contributed by atoms with Gasteiger partial charge in [0.25, 0.3) is 0 Å². The molecule has 0 aliphatic carbocycles. The number of rotatable bonds is 4. The maximum absolute atomic E-state index is 11.9. The Morgan fingerprint density at radius 3 is 2.43 bits per heavy atom. The van der Waals surface area contributed by atoms with Crippen LogP contribution >= 0.6 is 0 Å². The Kier molecular flexibility index (Phi) is 6.45. The van der Waals surface area contributed by atoms with Crippen molar-refractivity contribution in [2.45, 2.75) is 40.7 Å². The molecule has 21 heavy (non-hydrogen) atoms. The summed E-state index contributed by atoms with van der Waals surface area (Å²) in [7, 11) is 0. The Morgan fingerprint density at radius 2 is 1.90 bits per heavy atom. The maximum Gasteiger partial charge on any atom is 0.220 e. The third-order valence-corrected chi connectivity index (χ3v) is 3.73. The normalized spacial score (nSPS) is 12.2. The summed E-state index contributed by atoms with van der Waals surface area (Å²) in [5.74, 6) is 5.87. The van der Waals surface area contributed by atoms with Crippen LogP contribution in [0.1, 0.15) is 45.2 Å². The van der Waals surface area contributed by atoms with Crippen LogP contribution in [0.15, 0.2) is 24.3 Å². The van der Waals surface area contributed by atoms with Gasteiger partial charge in [0.15, 0.2) is 0 Å². The van der Waals surface area contributed by atoms with E-state index in [-0.39, 0.29) is 17.9 Å². The summed E-state index contributed by atoms with van der Waals surface area (Å²) < 4.78 is 0. The van der Waals surface area contributed by atoms with Gasteiger partial charge in [-0.2, -0.15) is 0 Å². The first-order valence-corrected chi connectivity index (χ1v) is 7.28.